The summed E-state index contributed by atoms with van der Waals surface area (Å²) in [6, 6.07) is 6.61. The van der Waals surface area contributed by atoms with Crippen LogP contribution in [0.15, 0.2) is 18.2 Å². The minimum absolute atomic E-state index is 0.276. The third-order valence-electron chi connectivity index (χ3n) is 3.72. The van der Waals surface area contributed by atoms with E-state index in [1.807, 2.05) is 29.6 Å². The molecule has 1 fully saturated rings. The van der Waals surface area contributed by atoms with Gasteiger partial charge >= 0.3 is 0 Å². The van der Waals surface area contributed by atoms with Crippen molar-refractivity contribution < 1.29 is 4.74 Å². The Balaban J connectivity index is 2.15. The smallest absolute Gasteiger partial charge is 0.122 e. The Kier molecular flexibility index (Phi) is 6.08. The van der Waals surface area contributed by atoms with Crippen LogP contribution < -0.4 is 16.0 Å². The van der Waals surface area contributed by atoms with Crippen molar-refractivity contribution in [1.29, 1.82) is 0 Å². The molecule has 3 unspecified atom stereocenters. The lowest BCUT2D eigenvalue weighted by Gasteiger charge is -2.34. The van der Waals surface area contributed by atoms with Crippen LogP contribution in [0.4, 0.5) is 0 Å². The van der Waals surface area contributed by atoms with Gasteiger partial charge in [-0.25, -0.2) is 0 Å². The van der Waals surface area contributed by atoms with Crippen molar-refractivity contribution in [1.82, 2.24) is 5.43 Å². The van der Waals surface area contributed by atoms with Crippen LogP contribution in [0, 0.1) is 6.92 Å². The Bertz CT molecular complexity index is 442. The fraction of sp³-hybridized carbons (Fsp3) is 0.600. The minimum atomic E-state index is 0.276. The zero-order valence-corrected chi connectivity index (χ0v) is 14.0. The van der Waals surface area contributed by atoms with Crippen molar-refractivity contribution in [2.45, 2.75) is 36.8 Å². The quantitative estimate of drug-likeness (QED) is 0.646. The Labute approximate surface area is 130 Å². The molecule has 0 aliphatic carbocycles. The number of hydrogen-bond acceptors (Lipinski definition) is 5. The fourth-order valence-corrected chi connectivity index (χ4v) is 5.61. The number of thioether (sulfide) groups is 2. The van der Waals surface area contributed by atoms with Crippen LogP contribution in [0.2, 0.25) is 0 Å². The highest BCUT2D eigenvalue weighted by atomic mass is 32.2. The van der Waals surface area contributed by atoms with E-state index in [9.17, 15) is 0 Å². The van der Waals surface area contributed by atoms with Crippen molar-refractivity contribution in [3.63, 3.8) is 0 Å². The topological polar surface area (TPSA) is 47.3 Å². The number of nitrogens with two attached hydrogens (primary N) is 1. The summed E-state index contributed by atoms with van der Waals surface area (Å²) in [5.41, 5.74) is 5.53. The van der Waals surface area contributed by atoms with E-state index < -0.39 is 0 Å². The monoisotopic (exact) mass is 312 g/mol. The van der Waals surface area contributed by atoms with Gasteiger partial charge in [0.1, 0.15) is 5.75 Å². The summed E-state index contributed by atoms with van der Waals surface area (Å²) in [4.78, 5) is 0. The first-order valence-electron chi connectivity index (χ1n) is 6.98. The first-order chi connectivity index (χ1) is 9.65. The first kappa shape index (κ1) is 16.0. The molecule has 0 spiro atoms. The molecule has 5 heteroatoms. The highest BCUT2D eigenvalue weighted by molar-refractivity contribution is 8.07. The summed E-state index contributed by atoms with van der Waals surface area (Å²) < 4.78 is 5.48. The number of hydrogen-bond donors (Lipinski definition) is 2. The first-order valence-corrected chi connectivity index (χ1v) is 9.08. The number of nitrogens with one attached hydrogen (secondary N) is 1. The second-order valence-electron chi connectivity index (χ2n) is 5.20. The maximum Gasteiger partial charge on any atom is 0.122 e. The molecule has 0 amide bonds. The van der Waals surface area contributed by atoms with Crippen molar-refractivity contribution in [3.8, 4) is 5.75 Å². The Morgan fingerprint density at radius 2 is 2.15 bits per heavy atom. The molecule has 1 aliphatic heterocycles. The summed E-state index contributed by atoms with van der Waals surface area (Å²) in [5.74, 6) is 9.24. The molecule has 3 atom stereocenters. The van der Waals surface area contributed by atoms with Crippen molar-refractivity contribution in [3.05, 3.63) is 29.3 Å². The van der Waals surface area contributed by atoms with Gasteiger partial charge in [-0.15, -0.1) is 0 Å². The lowest BCUT2D eigenvalue weighted by molar-refractivity contribution is 0.403. The predicted octanol–water partition coefficient (Wildman–Crippen LogP) is 2.62. The van der Waals surface area contributed by atoms with E-state index in [0.717, 1.165) is 12.2 Å². The average molecular weight is 313 g/mol. The number of rotatable bonds is 5. The highest BCUT2D eigenvalue weighted by Crippen LogP contribution is 2.34. The largest absolute Gasteiger partial charge is 0.496 e. The number of ether oxygens (including phenoxy) is 1. The van der Waals surface area contributed by atoms with Crippen LogP contribution in [0.3, 0.4) is 0 Å². The molecule has 2 rings (SSSR count). The number of hydrazine groups is 1. The van der Waals surface area contributed by atoms with Crippen LogP contribution in [0.25, 0.3) is 0 Å². The van der Waals surface area contributed by atoms with Gasteiger partial charge < -0.3 is 4.74 Å². The van der Waals surface area contributed by atoms with Crippen molar-refractivity contribution in [2.24, 2.45) is 5.84 Å². The molecule has 3 nitrogen and oxygen atoms in total. The molecule has 1 aromatic rings. The van der Waals surface area contributed by atoms with Gasteiger partial charge in [-0.1, -0.05) is 24.6 Å². The molecular formula is C15H24N2OS2. The predicted molar refractivity (Wildman–Crippen MR) is 90.7 cm³/mol. The molecule has 3 N–H and O–H groups in total. The zero-order valence-electron chi connectivity index (χ0n) is 12.4. The normalized spacial score (nSPS) is 24.4. The zero-order chi connectivity index (χ0) is 14.5. The van der Waals surface area contributed by atoms with Gasteiger partial charge in [-0.2, -0.15) is 23.5 Å². The maximum atomic E-state index is 5.83. The summed E-state index contributed by atoms with van der Waals surface area (Å²) in [7, 11) is 1.73. The van der Waals surface area contributed by atoms with Crippen LogP contribution in [-0.2, 0) is 6.42 Å². The van der Waals surface area contributed by atoms with E-state index in [1.54, 1.807) is 7.11 Å². The molecule has 0 aromatic heterocycles. The molecule has 0 bridgehead atoms. The van der Waals surface area contributed by atoms with Crippen molar-refractivity contribution in [2.75, 3.05) is 18.6 Å². The molecule has 0 radical (unpaired) electrons. The van der Waals surface area contributed by atoms with Crippen LogP contribution in [0.1, 0.15) is 18.1 Å². The molecular weight excluding hydrogens is 288 g/mol. The van der Waals surface area contributed by atoms with Crippen LogP contribution in [-0.4, -0.2) is 35.2 Å². The number of benzene rings is 1. The molecule has 1 saturated heterocycles. The Hall–Kier alpha value is -0.360. The molecule has 1 heterocycles. The average Bonchev–Trinajstić information content (AvgIpc) is 2.46. The van der Waals surface area contributed by atoms with E-state index in [0.29, 0.717) is 10.5 Å². The third kappa shape index (κ3) is 3.85. The van der Waals surface area contributed by atoms with Crippen LogP contribution >= 0.6 is 23.5 Å². The van der Waals surface area contributed by atoms with Crippen molar-refractivity contribution >= 4 is 23.5 Å². The lowest BCUT2D eigenvalue weighted by Crippen LogP contribution is -2.48. The van der Waals surface area contributed by atoms with Gasteiger partial charge in [0.2, 0.25) is 0 Å². The van der Waals surface area contributed by atoms with Gasteiger partial charge in [0.05, 0.1) is 7.11 Å². The lowest BCUT2D eigenvalue weighted by atomic mass is 9.99. The summed E-state index contributed by atoms with van der Waals surface area (Å²) >= 11 is 4.08. The number of methoxy groups -OCH3 is 1. The summed E-state index contributed by atoms with van der Waals surface area (Å²) in [6.07, 6.45) is 0.907. The van der Waals surface area contributed by atoms with Gasteiger partial charge in [-0.05, 0) is 25.0 Å². The summed E-state index contributed by atoms with van der Waals surface area (Å²) in [6.45, 7) is 4.42. The SMILES string of the molecule is COc1ccc(C)cc1CC(NN)C1SCCSC1C. The van der Waals surface area contributed by atoms with Gasteiger partial charge in [0.25, 0.3) is 0 Å². The Morgan fingerprint density at radius 1 is 1.40 bits per heavy atom. The molecule has 20 heavy (non-hydrogen) atoms. The third-order valence-corrected chi connectivity index (χ3v) is 6.97. The van der Waals surface area contributed by atoms with Gasteiger partial charge in [-0.3, -0.25) is 11.3 Å². The summed E-state index contributed by atoms with van der Waals surface area (Å²) in [5, 5.41) is 1.18. The van der Waals surface area contributed by atoms with Crippen LogP contribution in [0.5, 0.6) is 5.75 Å². The Morgan fingerprint density at radius 3 is 2.80 bits per heavy atom. The molecule has 112 valence electrons. The second kappa shape index (κ2) is 7.59. The minimum Gasteiger partial charge on any atom is -0.496 e. The van der Waals surface area contributed by atoms with E-state index in [2.05, 4.69) is 31.4 Å². The van der Waals surface area contributed by atoms with E-state index in [1.165, 1.54) is 22.6 Å². The molecule has 1 aromatic carbocycles. The maximum absolute atomic E-state index is 5.83. The molecule has 0 saturated carbocycles. The number of aryl methyl sites for hydroxylation is 1. The second-order valence-corrected chi connectivity index (χ2v) is 7.97. The van der Waals surface area contributed by atoms with Gasteiger partial charge in [0, 0.05) is 28.0 Å². The fourth-order valence-electron chi connectivity index (χ4n) is 2.67. The van der Waals surface area contributed by atoms with E-state index >= 15 is 0 Å². The highest BCUT2D eigenvalue weighted by Gasteiger charge is 2.30. The molecule has 1 aliphatic rings. The van der Waals surface area contributed by atoms with E-state index in [-0.39, 0.29) is 6.04 Å². The van der Waals surface area contributed by atoms with Gasteiger partial charge in [0.15, 0.2) is 0 Å². The van der Waals surface area contributed by atoms with E-state index in [4.69, 9.17) is 10.6 Å². The standard InChI is InChI=1S/C15H24N2OS2/c1-10-4-5-14(18-3)12(8-10)9-13(17-16)15-11(2)19-6-7-20-15/h4-5,8,11,13,15,17H,6-7,9,16H2,1-3H3.